The number of hydrogen-bond donors (Lipinski definition) is 1. The molecule has 0 atom stereocenters. The largest absolute Gasteiger partial charge is 0.355 e. The van der Waals surface area contributed by atoms with Crippen LogP contribution < -0.4 is 5.23 Å². The Labute approximate surface area is 63.8 Å². The van der Waals surface area contributed by atoms with Gasteiger partial charge in [0.25, 0.3) is 0 Å². The first-order valence-electron chi connectivity index (χ1n) is 3.61. The van der Waals surface area contributed by atoms with Gasteiger partial charge in [-0.2, -0.15) is 0 Å². The van der Waals surface area contributed by atoms with Gasteiger partial charge in [0, 0.05) is 0 Å². The summed E-state index contributed by atoms with van der Waals surface area (Å²) in [5.74, 6) is 0.111. The van der Waals surface area contributed by atoms with Crippen LogP contribution in [0.2, 0.25) is 0 Å². The summed E-state index contributed by atoms with van der Waals surface area (Å²) in [6, 6.07) is 0. The summed E-state index contributed by atoms with van der Waals surface area (Å²) in [6.07, 6.45) is 1.49. The Kier molecular flexibility index (Phi) is 3.65. The molecule has 0 saturated carbocycles. The highest BCUT2D eigenvalue weighted by Crippen LogP contribution is 2.14. The Hall–Kier alpha value is -0.305. The van der Waals surface area contributed by atoms with Crippen molar-refractivity contribution in [2.24, 2.45) is 0 Å². The molecular formula is C7H14BNO. The number of carbonyl (C=O) groups excluding carboxylic acids is 1. The third kappa shape index (κ3) is 1.60. The predicted molar refractivity (Wildman–Crippen MR) is 42.9 cm³/mol. The minimum Gasteiger partial charge on any atom is -0.355 e. The third-order valence-electron chi connectivity index (χ3n) is 2.16. The number of rotatable bonds is 4. The fourth-order valence-corrected chi connectivity index (χ4v) is 1.05. The lowest BCUT2D eigenvalue weighted by molar-refractivity contribution is -0.122. The zero-order valence-electron chi connectivity index (χ0n) is 6.90. The molecule has 0 amide bonds. The second kappa shape index (κ2) is 3.76. The van der Waals surface area contributed by atoms with Crippen LogP contribution in [0, 0.1) is 0 Å². The lowest BCUT2D eigenvalue weighted by atomic mass is 9.87. The zero-order chi connectivity index (χ0) is 8.20. The van der Waals surface area contributed by atoms with Crippen LogP contribution in [-0.4, -0.2) is 19.3 Å². The second-order valence-corrected chi connectivity index (χ2v) is 2.49. The van der Waals surface area contributed by atoms with E-state index in [-0.39, 0.29) is 5.78 Å². The maximum atomic E-state index is 11.0. The number of carbonyl (C=O) groups is 1. The summed E-state index contributed by atoms with van der Waals surface area (Å²) in [6.45, 7) is 5.46. The van der Waals surface area contributed by atoms with E-state index in [1.165, 1.54) is 0 Å². The standard InChI is InChI=1S/C7H14BNO/c1-4-7(5-2,9-8)6(3)10/h9H,4-5H2,1-3H3. The smallest absolute Gasteiger partial charge is 0.179 e. The molecule has 10 heavy (non-hydrogen) atoms. The summed E-state index contributed by atoms with van der Waals surface area (Å²) < 4.78 is 0. The fourth-order valence-electron chi connectivity index (χ4n) is 1.05. The summed E-state index contributed by atoms with van der Waals surface area (Å²) in [7, 11) is 5.26. The van der Waals surface area contributed by atoms with E-state index >= 15 is 0 Å². The molecule has 0 rings (SSSR count). The van der Waals surface area contributed by atoms with Crippen LogP contribution in [0.25, 0.3) is 0 Å². The molecule has 0 spiro atoms. The topological polar surface area (TPSA) is 29.1 Å². The molecule has 1 N–H and O–H groups in total. The van der Waals surface area contributed by atoms with E-state index in [0.717, 1.165) is 12.8 Å². The highest BCUT2D eigenvalue weighted by atomic mass is 16.1. The average Bonchev–Trinajstić information content (AvgIpc) is 1.92. The van der Waals surface area contributed by atoms with Crippen molar-refractivity contribution in [2.45, 2.75) is 39.2 Å². The first kappa shape index (κ1) is 9.69. The lowest BCUT2D eigenvalue weighted by Gasteiger charge is -2.28. The predicted octanol–water partition coefficient (Wildman–Crippen LogP) is 0.807. The summed E-state index contributed by atoms with van der Waals surface area (Å²) >= 11 is 0. The van der Waals surface area contributed by atoms with E-state index in [1.807, 2.05) is 13.8 Å². The monoisotopic (exact) mass is 139 g/mol. The average molecular weight is 139 g/mol. The first-order chi connectivity index (χ1) is 4.63. The third-order valence-corrected chi connectivity index (χ3v) is 2.16. The van der Waals surface area contributed by atoms with Crippen molar-refractivity contribution in [3.63, 3.8) is 0 Å². The van der Waals surface area contributed by atoms with Crippen molar-refractivity contribution in [3.8, 4) is 0 Å². The van der Waals surface area contributed by atoms with Gasteiger partial charge < -0.3 is 5.23 Å². The van der Waals surface area contributed by atoms with Gasteiger partial charge in [0.15, 0.2) is 7.98 Å². The van der Waals surface area contributed by atoms with Crippen LogP contribution in [0.1, 0.15) is 33.6 Å². The van der Waals surface area contributed by atoms with Crippen molar-refractivity contribution >= 4 is 13.8 Å². The number of ketones is 1. The molecule has 56 valence electrons. The van der Waals surface area contributed by atoms with Crippen molar-refractivity contribution in [1.29, 1.82) is 0 Å². The van der Waals surface area contributed by atoms with Gasteiger partial charge in [0.05, 0.1) is 5.54 Å². The van der Waals surface area contributed by atoms with Gasteiger partial charge in [0.1, 0.15) is 5.78 Å². The summed E-state index contributed by atoms with van der Waals surface area (Å²) in [5.41, 5.74) is -0.486. The van der Waals surface area contributed by atoms with E-state index in [9.17, 15) is 4.79 Å². The zero-order valence-corrected chi connectivity index (χ0v) is 6.90. The Morgan fingerprint density at radius 1 is 1.50 bits per heavy atom. The van der Waals surface area contributed by atoms with Crippen LogP contribution in [0.15, 0.2) is 0 Å². The van der Waals surface area contributed by atoms with Gasteiger partial charge >= 0.3 is 0 Å². The molecule has 0 bridgehead atoms. The van der Waals surface area contributed by atoms with Crippen molar-refractivity contribution < 1.29 is 4.79 Å². The SMILES string of the molecule is [B]NC(CC)(CC)C(C)=O. The van der Waals surface area contributed by atoms with E-state index in [0.29, 0.717) is 0 Å². The summed E-state index contributed by atoms with van der Waals surface area (Å²) in [4.78, 5) is 11.0. The van der Waals surface area contributed by atoms with Gasteiger partial charge in [-0.05, 0) is 19.8 Å². The van der Waals surface area contributed by atoms with Crippen LogP contribution in [-0.2, 0) is 4.79 Å². The van der Waals surface area contributed by atoms with E-state index < -0.39 is 5.54 Å². The maximum Gasteiger partial charge on any atom is 0.179 e. The Balaban J connectivity index is 4.31. The molecule has 0 aromatic rings. The van der Waals surface area contributed by atoms with Crippen molar-refractivity contribution in [1.82, 2.24) is 5.23 Å². The van der Waals surface area contributed by atoms with Gasteiger partial charge in [-0.15, -0.1) is 0 Å². The highest BCUT2D eigenvalue weighted by molar-refractivity contribution is 6.07. The Bertz CT molecular complexity index is 113. The lowest BCUT2D eigenvalue weighted by Crippen LogP contribution is -2.48. The Morgan fingerprint density at radius 2 is 1.90 bits per heavy atom. The number of Topliss-reactive ketones (excluding diaryl/α,β-unsaturated/α-hetero) is 1. The molecule has 0 aliphatic carbocycles. The maximum absolute atomic E-state index is 11.0. The van der Waals surface area contributed by atoms with Gasteiger partial charge in [-0.1, -0.05) is 13.8 Å². The molecule has 0 aromatic carbocycles. The summed E-state index contributed by atoms with van der Waals surface area (Å²) in [5, 5.41) is 2.56. The van der Waals surface area contributed by atoms with Gasteiger partial charge in [0.2, 0.25) is 0 Å². The van der Waals surface area contributed by atoms with E-state index in [1.54, 1.807) is 6.92 Å². The Morgan fingerprint density at radius 3 is 1.90 bits per heavy atom. The molecule has 0 aliphatic heterocycles. The van der Waals surface area contributed by atoms with E-state index in [2.05, 4.69) is 5.23 Å². The molecule has 2 radical (unpaired) electrons. The minimum atomic E-state index is -0.486. The molecule has 0 saturated heterocycles. The van der Waals surface area contributed by atoms with Crippen LogP contribution >= 0.6 is 0 Å². The van der Waals surface area contributed by atoms with Gasteiger partial charge in [-0.25, -0.2) is 0 Å². The fraction of sp³-hybridized carbons (Fsp3) is 0.857. The number of hydrogen-bond acceptors (Lipinski definition) is 2. The molecule has 0 fully saturated rings. The highest BCUT2D eigenvalue weighted by Gasteiger charge is 2.28. The van der Waals surface area contributed by atoms with Gasteiger partial charge in [-0.3, -0.25) is 4.79 Å². The minimum absolute atomic E-state index is 0.111. The molecule has 3 heteroatoms. The van der Waals surface area contributed by atoms with E-state index in [4.69, 9.17) is 7.98 Å². The number of nitrogens with one attached hydrogen (secondary N) is 1. The van der Waals surface area contributed by atoms with Crippen molar-refractivity contribution in [3.05, 3.63) is 0 Å². The molecular weight excluding hydrogens is 125 g/mol. The second-order valence-electron chi connectivity index (χ2n) is 2.49. The molecule has 2 nitrogen and oxygen atoms in total. The van der Waals surface area contributed by atoms with Crippen molar-refractivity contribution in [2.75, 3.05) is 0 Å². The van der Waals surface area contributed by atoms with Crippen LogP contribution in [0.3, 0.4) is 0 Å². The normalized spacial score (nSPS) is 11.5. The molecule has 0 aromatic heterocycles. The quantitative estimate of drug-likeness (QED) is 0.583. The molecule has 0 aliphatic rings. The first-order valence-corrected chi connectivity index (χ1v) is 3.61. The van der Waals surface area contributed by atoms with Crippen LogP contribution in [0.5, 0.6) is 0 Å². The molecule has 0 heterocycles. The van der Waals surface area contributed by atoms with Crippen LogP contribution in [0.4, 0.5) is 0 Å². The molecule has 0 unspecified atom stereocenters.